The van der Waals surface area contributed by atoms with Crippen molar-refractivity contribution in [1.82, 2.24) is 0 Å². The van der Waals surface area contributed by atoms with Crippen LogP contribution < -0.4 is 4.46 Å². The molecule has 0 aliphatic carbocycles. The van der Waals surface area contributed by atoms with Gasteiger partial charge < -0.3 is 0 Å². The van der Waals surface area contributed by atoms with Crippen molar-refractivity contribution in [2.24, 2.45) is 4.99 Å². The van der Waals surface area contributed by atoms with Crippen molar-refractivity contribution in [2.75, 3.05) is 0 Å². The summed E-state index contributed by atoms with van der Waals surface area (Å²) < 4.78 is 2.52. The molecule has 0 atom stereocenters. The summed E-state index contributed by atoms with van der Waals surface area (Å²) in [5, 5.41) is 0. The third-order valence-electron chi connectivity index (χ3n) is 3.54. The monoisotopic (exact) mass is 397 g/mol. The Balaban J connectivity index is 1.96. The van der Waals surface area contributed by atoms with Crippen molar-refractivity contribution < 1.29 is 0 Å². The second-order valence-corrected chi connectivity index (χ2v) is 9.32. The van der Waals surface area contributed by atoms with Crippen LogP contribution in [0.2, 0.25) is 0 Å². The molecule has 3 rings (SSSR count). The van der Waals surface area contributed by atoms with E-state index in [9.17, 15) is 0 Å². The average Bonchev–Trinajstić information content (AvgIpc) is 2.60. The zero-order chi connectivity index (χ0) is 16.8. The van der Waals surface area contributed by atoms with E-state index in [0.717, 1.165) is 5.69 Å². The second-order valence-electron chi connectivity index (χ2n) is 5.45. The Morgan fingerprint density at radius 1 is 0.750 bits per heavy atom. The maximum absolute atomic E-state index is 5.06. The number of thioether (sulfide) groups is 1. The molecule has 3 aromatic carbocycles. The van der Waals surface area contributed by atoms with E-state index in [2.05, 4.69) is 92.7 Å². The van der Waals surface area contributed by atoms with Crippen LogP contribution in [0.25, 0.3) is 0 Å². The van der Waals surface area contributed by atoms with E-state index < -0.39 is 0 Å². The molecular formula is C21H19NSSe. The molecule has 0 unspecified atom stereocenters. The van der Waals surface area contributed by atoms with Gasteiger partial charge in [0, 0.05) is 0 Å². The zero-order valence-corrected chi connectivity index (χ0v) is 16.3. The number of aryl methyl sites for hydroxylation is 2. The molecule has 3 aromatic rings. The molecule has 0 heterocycles. The van der Waals surface area contributed by atoms with Gasteiger partial charge in [0.05, 0.1) is 0 Å². The molecular weight excluding hydrogens is 377 g/mol. The quantitative estimate of drug-likeness (QED) is 0.258. The van der Waals surface area contributed by atoms with Crippen molar-refractivity contribution in [3.8, 4) is 0 Å². The molecule has 1 nitrogen and oxygen atoms in total. The third-order valence-corrected chi connectivity index (χ3v) is 6.89. The summed E-state index contributed by atoms with van der Waals surface area (Å²) in [4.78, 5) is 6.29. The summed E-state index contributed by atoms with van der Waals surface area (Å²) in [6.45, 7) is 4.26. The molecule has 0 N–H and O–H groups in total. The van der Waals surface area contributed by atoms with Crippen molar-refractivity contribution in [2.45, 2.75) is 18.7 Å². The minimum atomic E-state index is 0.191. The summed E-state index contributed by atoms with van der Waals surface area (Å²) in [6.07, 6.45) is 0. The Hall–Kier alpha value is -1.80. The molecule has 0 aromatic heterocycles. The average molecular weight is 396 g/mol. The number of para-hydroxylation sites is 1. The van der Waals surface area contributed by atoms with Crippen molar-refractivity contribution in [3.63, 3.8) is 0 Å². The summed E-state index contributed by atoms with van der Waals surface area (Å²) in [5.74, 6) is 0. The van der Waals surface area contributed by atoms with Gasteiger partial charge in [-0.15, -0.1) is 0 Å². The van der Waals surface area contributed by atoms with E-state index in [1.807, 2.05) is 0 Å². The summed E-state index contributed by atoms with van der Waals surface area (Å²) in [6, 6.07) is 27.5. The van der Waals surface area contributed by atoms with Crippen molar-refractivity contribution in [1.29, 1.82) is 0 Å². The van der Waals surface area contributed by atoms with E-state index in [4.69, 9.17) is 4.99 Å². The Morgan fingerprint density at radius 2 is 1.33 bits per heavy atom. The van der Waals surface area contributed by atoms with Crippen LogP contribution in [0.5, 0.6) is 0 Å². The third kappa shape index (κ3) is 4.61. The molecule has 24 heavy (non-hydrogen) atoms. The van der Waals surface area contributed by atoms with E-state index in [0.29, 0.717) is 0 Å². The van der Waals surface area contributed by atoms with Crippen LogP contribution in [0.3, 0.4) is 0 Å². The van der Waals surface area contributed by atoms with Gasteiger partial charge in [-0.1, -0.05) is 0 Å². The normalized spacial score (nSPS) is 11.5. The molecule has 0 spiro atoms. The number of aliphatic imine (C=N–C) groups is 1. The van der Waals surface area contributed by atoms with Crippen molar-refractivity contribution >= 4 is 40.8 Å². The number of hydrogen-bond acceptors (Lipinski definition) is 2. The SMILES string of the molecule is Cc1cccc(C)c1N=C(Sc1ccccc1)[Se]c1ccccc1. The topological polar surface area (TPSA) is 12.4 Å². The first-order valence-corrected chi connectivity index (χ1v) is 10.4. The summed E-state index contributed by atoms with van der Waals surface area (Å²) >= 11 is 1.96. The molecule has 0 saturated heterocycles. The van der Waals surface area contributed by atoms with Gasteiger partial charge in [0.2, 0.25) is 0 Å². The number of benzene rings is 3. The molecule has 0 aliphatic heterocycles. The van der Waals surface area contributed by atoms with Gasteiger partial charge in [0.25, 0.3) is 0 Å². The van der Waals surface area contributed by atoms with Crippen LogP contribution in [-0.4, -0.2) is 18.9 Å². The van der Waals surface area contributed by atoms with Crippen LogP contribution in [0.1, 0.15) is 11.1 Å². The fourth-order valence-corrected chi connectivity index (χ4v) is 5.69. The van der Waals surface area contributed by atoms with Gasteiger partial charge in [-0.3, -0.25) is 0 Å². The van der Waals surface area contributed by atoms with E-state index in [1.54, 1.807) is 11.8 Å². The van der Waals surface area contributed by atoms with Gasteiger partial charge in [0.1, 0.15) is 0 Å². The van der Waals surface area contributed by atoms with Crippen LogP contribution >= 0.6 is 11.8 Å². The second kappa shape index (κ2) is 8.34. The Kier molecular flexibility index (Phi) is 5.92. The number of hydrogen-bond donors (Lipinski definition) is 0. The summed E-state index contributed by atoms with van der Waals surface area (Å²) in [5.41, 5.74) is 3.56. The fourth-order valence-electron chi connectivity index (χ4n) is 2.32. The van der Waals surface area contributed by atoms with Gasteiger partial charge in [0.15, 0.2) is 0 Å². The van der Waals surface area contributed by atoms with E-state index >= 15 is 0 Å². The van der Waals surface area contributed by atoms with Crippen LogP contribution in [-0.2, 0) is 0 Å². The molecule has 0 radical (unpaired) electrons. The van der Waals surface area contributed by atoms with Gasteiger partial charge in [-0.2, -0.15) is 0 Å². The Labute approximate surface area is 154 Å². The fraction of sp³-hybridized carbons (Fsp3) is 0.0952. The molecule has 0 amide bonds. The van der Waals surface area contributed by atoms with E-state index in [-0.39, 0.29) is 15.0 Å². The van der Waals surface area contributed by atoms with Crippen LogP contribution in [0.4, 0.5) is 5.69 Å². The molecule has 0 saturated carbocycles. The van der Waals surface area contributed by atoms with Crippen LogP contribution in [0.15, 0.2) is 88.8 Å². The Morgan fingerprint density at radius 3 is 1.96 bits per heavy atom. The number of nitrogens with zero attached hydrogens (tertiary/aromatic N) is 1. The molecule has 0 bridgehead atoms. The first kappa shape index (κ1) is 17.0. The van der Waals surface area contributed by atoms with Crippen molar-refractivity contribution in [3.05, 3.63) is 90.0 Å². The van der Waals surface area contributed by atoms with Gasteiger partial charge >= 0.3 is 155 Å². The van der Waals surface area contributed by atoms with Crippen LogP contribution in [0, 0.1) is 13.8 Å². The maximum atomic E-state index is 5.06. The predicted octanol–water partition coefficient (Wildman–Crippen LogP) is 5.11. The minimum absolute atomic E-state index is 0.191. The first-order chi connectivity index (χ1) is 11.7. The molecule has 0 aliphatic rings. The van der Waals surface area contributed by atoms with Gasteiger partial charge in [-0.25, -0.2) is 0 Å². The van der Waals surface area contributed by atoms with E-state index in [1.165, 1.54) is 24.4 Å². The first-order valence-electron chi connectivity index (χ1n) is 7.83. The Bertz CT molecular complexity index is 765. The molecule has 120 valence electrons. The summed E-state index contributed by atoms with van der Waals surface area (Å²) in [7, 11) is 0. The molecule has 3 heteroatoms. The predicted molar refractivity (Wildman–Crippen MR) is 107 cm³/mol. The number of rotatable bonds is 4. The zero-order valence-electron chi connectivity index (χ0n) is 13.8. The van der Waals surface area contributed by atoms with Gasteiger partial charge in [-0.05, 0) is 0 Å². The standard InChI is InChI=1S/C21H19NSSe/c1-16-10-9-11-17(2)20(16)22-21(23-18-12-5-3-6-13-18)24-19-14-7-4-8-15-19/h3-15H,1-2H3. The molecule has 0 fully saturated rings.